The summed E-state index contributed by atoms with van der Waals surface area (Å²) in [5, 5.41) is 8.78. The number of aromatic carboxylic acids is 1. The second-order valence-electron chi connectivity index (χ2n) is 3.74. The highest BCUT2D eigenvalue weighted by atomic mass is 35.5. The number of carboxylic acids is 1. The molecule has 0 aliphatic carbocycles. The Morgan fingerprint density at radius 1 is 1.26 bits per heavy atom. The van der Waals surface area contributed by atoms with Gasteiger partial charge >= 0.3 is 5.97 Å². The van der Waals surface area contributed by atoms with Crippen molar-refractivity contribution in [1.82, 2.24) is 0 Å². The third-order valence-corrected chi connectivity index (χ3v) is 2.68. The van der Waals surface area contributed by atoms with Gasteiger partial charge < -0.3 is 15.6 Å². The van der Waals surface area contributed by atoms with E-state index >= 15 is 0 Å². The van der Waals surface area contributed by atoms with E-state index in [2.05, 4.69) is 0 Å². The van der Waals surface area contributed by atoms with Crippen LogP contribution in [0.25, 0.3) is 0 Å². The molecule has 0 heterocycles. The number of hydrogen-bond donors (Lipinski definition) is 2. The van der Waals surface area contributed by atoms with Gasteiger partial charge in [0, 0.05) is 6.07 Å². The Labute approximate surface area is 113 Å². The van der Waals surface area contributed by atoms with Gasteiger partial charge in [-0.3, -0.25) is 0 Å². The summed E-state index contributed by atoms with van der Waals surface area (Å²) >= 11 is 5.55. The lowest BCUT2D eigenvalue weighted by Crippen LogP contribution is -1.99. The molecule has 0 saturated carbocycles. The van der Waals surface area contributed by atoms with Crippen LogP contribution in [0.15, 0.2) is 36.4 Å². The SMILES string of the molecule is Nc1cc(C(=O)O)ccc1Oc1ccc(Cl)c(F)c1. The van der Waals surface area contributed by atoms with E-state index in [1.54, 1.807) is 0 Å². The van der Waals surface area contributed by atoms with Crippen LogP contribution < -0.4 is 10.5 Å². The molecule has 0 spiro atoms. The third kappa shape index (κ3) is 2.95. The molecule has 0 aliphatic heterocycles. The summed E-state index contributed by atoms with van der Waals surface area (Å²) in [6.45, 7) is 0. The lowest BCUT2D eigenvalue weighted by Gasteiger charge is -2.09. The molecule has 0 bridgehead atoms. The first-order valence-electron chi connectivity index (χ1n) is 5.23. The van der Waals surface area contributed by atoms with E-state index < -0.39 is 11.8 Å². The summed E-state index contributed by atoms with van der Waals surface area (Å²) in [5.74, 6) is -1.24. The Hall–Kier alpha value is -2.27. The number of benzene rings is 2. The van der Waals surface area contributed by atoms with E-state index in [4.69, 9.17) is 27.2 Å². The van der Waals surface area contributed by atoms with Crippen LogP contribution in [0.4, 0.5) is 10.1 Å². The zero-order valence-corrected chi connectivity index (χ0v) is 10.3. The molecule has 2 aromatic rings. The molecule has 0 radical (unpaired) electrons. The van der Waals surface area contributed by atoms with Gasteiger partial charge in [0.1, 0.15) is 17.3 Å². The average Bonchev–Trinajstić information content (AvgIpc) is 2.36. The topological polar surface area (TPSA) is 72.6 Å². The first kappa shape index (κ1) is 13.2. The standard InChI is InChI=1S/C13H9ClFNO3/c14-9-3-2-8(6-10(9)15)19-12-4-1-7(13(17)18)5-11(12)16/h1-6H,16H2,(H,17,18). The number of carboxylic acid groups (broad SMARTS) is 1. The molecule has 2 rings (SSSR count). The number of halogens is 2. The summed E-state index contributed by atoms with van der Waals surface area (Å²) in [6, 6.07) is 7.98. The van der Waals surface area contributed by atoms with Crippen LogP contribution in [0.5, 0.6) is 11.5 Å². The lowest BCUT2D eigenvalue weighted by atomic mass is 10.2. The van der Waals surface area contributed by atoms with Crippen molar-refractivity contribution in [2.24, 2.45) is 0 Å². The van der Waals surface area contributed by atoms with Crippen LogP contribution in [0.2, 0.25) is 5.02 Å². The van der Waals surface area contributed by atoms with Crippen LogP contribution in [0.1, 0.15) is 10.4 Å². The summed E-state index contributed by atoms with van der Waals surface area (Å²) in [4.78, 5) is 10.7. The van der Waals surface area contributed by atoms with Crippen molar-refractivity contribution < 1.29 is 19.0 Å². The fraction of sp³-hybridized carbons (Fsp3) is 0. The molecule has 2 aromatic carbocycles. The fourth-order valence-electron chi connectivity index (χ4n) is 1.44. The molecule has 0 atom stereocenters. The largest absolute Gasteiger partial charge is 0.478 e. The van der Waals surface area contributed by atoms with Gasteiger partial charge in [-0.2, -0.15) is 0 Å². The normalized spacial score (nSPS) is 10.2. The molecule has 0 saturated heterocycles. The van der Waals surface area contributed by atoms with E-state index in [1.165, 1.54) is 30.3 Å². The zero-order valence-electron chi connectivity index (χ0n) is 9.56. The number of anilines is 1. The number of nitrogen functional groups attached to an aromatic ring is 1. The minimum absolute atomic E-state index is 0.0125. The van der Waals surface area contributed by atoms with Gasteiger partial charge in [-0.05, 0) is 30.3 Å². The molecule has 0 amide bonds. The number of hydrogen-bond acceptors (Lipinski definition) is 3. The minimum Gasteiger partial charge on any atom is -0.478 e. The summed E-state index contributed by atoms with van der Waals surface area (Å²) in [7, 11) is 0. The molecule has 6 heteroatoms. The summed E-state index contributed by atoms with van der Waals surface area (Å²) < 4.78 is 18.6. The van der Waals surface area contributed by atoms with Gasteiger partial charge in [-0.15, -0.1) is 0 Å². The maximum absolute atomic E-state index is 13.2. The molecule has 98 valence electrons. The van der Waals surface area contributed by atoms with Crippen LogP contribution in [-0.4, -0.2) is 11.1 Å². The van der Waals surface area contributed by atoms with Gasteiger partial charge in [0.25, 0.3) is 0 Å². The maximum atomic E-state index is 13.2. The van der Waals surface area contributed by atoms with Crippen LogP contribution in [-0.2, 0) is 0 Å². The number of ether oxygens (including phenoxy) is 1. The Bertz CT molecular complexity index is 646. The average molecular weight is 282 g/mol. The van der Waals surface area contributed by atoms with Gasteiger partial charge in [0.15, 0.2) is 0 Å². The Morgan fingerprint density at radius 3 is 2.58 bits per heavy atom. The Balaban J connectivity index is 2.28. The molecule has 0 fully saturated rings. The molecule has 19 heavy (non-hydrogen) atoms. The van der Waals surface area contributed by atoms with Crippen molar-refractivity contribution >= 4 is 23.3 Å². The molecular weight excluding hydrogens is 273 g/mol. The predicted octanol–water partition coefficient (Wildman–Crippen LogP) is 3.55. The molecule has 0 unspecified atom stereocenters. The van der Waals surface area contributed by atoms with Crippen molar-refractivity contribution in [1.29, 1.82) is 0 Å². The lowest BCUT2D eigenvalue weighted by molar-refractivity contribution is 0.0697. The molecular formula is C13H9ClFNO3. The van der Waals surface area contributed by atoms with Gasteiger partial charge in [0.2, 0.25) is 0 Å². The van der Waals surface area contributed by atoms with Crippen LogP contribution in [0.3, 0.4) is 0 Å². The van der Waals surface area contributed by atoms with Crippen molar-refractivity contribution in [2.75, 3.05) is 5.73 Å². The molecule has 0 aliphatic rings. The van der Waals surface area contributed by atoms with Gasteiger partial charge in [0.05, 0.1) is 16.3 Å². The first-order valence-corrected chi connectivity index (χ1v) is 5.61. The third-order valence-electron chi connectivity index (χ3n) is 2.38. The van der Waals surface area contributed by atoms with Crippen molar-refractivity contribution in [2.45, 2.75) is 0 Å². The van der Waals surface area contributed by atoms with Crippen molar-refractivity contribution in [3.05, 3.63) is 52.8 Å². The highest BCUT2D eigenvalue weighted by molar-refractivity contribution is 6.30. The van der Waals surface area contributed by atoms with E-state index in [0.717, 1.165) is 6.07 Å². The number of carbonyl (C=O) groups is 1. The smallest absolute Gasteiger partial charge is 0.335 e. The van der Waals surface area contributed by atoms with E-state index in [1.807, 2.05) is 0 Å². The Kier molecular flexibility index (Phi) is 3.57. The van der Waals surface area contributed by atoms with Crippen LogP contribution >= 0.6 is 11.6 Å². The number of nitrogens with two attached hydrogens (primary N) is 1. The monoisotopic (exact) mass is 281 g/mol. The molecule has 3 N–H and O–H groups in total. The maximum Gasteiger partial charge on any atom is 0.335 e. The first-order chi connectivity index (χ1) is 8.97. The number of rotatable bonds is 3. The van der Waals surface area contributed by atoms with E-state index in [9.17, 15) is 9.18 Å². The highest BCUT2D eigenvalue weighted by Gasteiger charge is 2.09. The van der Waals surface area contributed by atoms with Gasteiger partial charge in [-0.1, -0.05) is 11.6 Å². The fourth-order valence-corrected chi connectivity index (χ4v) is 1.56. The predicted molar refractivity (Wildman–Crippen MR) is 69.3 cm³/mol. The summed E-state index contributed by atoms with van der Waals surface area (Å²) in [6.07, 6.45) is 0. The Morgan fingerprint density at radius 2 is 2.00 bits per heavy atom. The quantitative estimate of drug-likeness (QED) is 0.844. The summed E-state index contributed by atoms with van der Waals surface area (Å²) in [5.41, 5.74) is 5.86. The second-order valence-corrected chi connectivity index (χ2v) is 4.14. The van der Waals surface area contributed by atoms with E-state index in [0.29, 0.717) is 0 Å². The van der Waals surface area contributed by atoms with Crippen molar-refractivity contribution in [3.8, 4) is 11.5 Å². The van der Waals surface area contributed by atoms with E-state index in [-0.39, 0.29) is 27.8 Å². The minimum atomic E-state index is -1.09. The second kappa shape index (κ2) is 5.16. The zero-order chi connectivity index (χ0) is 14.0. The molecule has 4 nitrogen and oxygen atoms in total. The van der Waals surface area contributed by atoms with Crippen molar-refractivity contribution in [3.63, 3.8) is 0 Å². The van der Waals surface area contributed by atoms with Gasteiger partial charge in [-0.25, -0.2) is 9.18 Å². The highest BCUT2D eigenvalue weighted by Crippen LogP contribution is 2.30. The molecule has 0 aromatic heterocycles. The van der Waals surface area contributed by atoms with Crippen LogP contribution in [0, 0.1) is 5.82 Å².